The Morgan fingerprint density at radius 2 is 1.57 bits per heavy atom. The van der Waals surface area contributed by atoms with Crippen molar-refractivity contribution in [3.8, 4) is 17.9 Å². The van der Waals surface area contributed by atoms with Crippen molar-refractivity contribution in [3.05, 3.63) is 46.5 Å². The molecular formula is C16H13N3O3S. The molecule has 6 nitrogen and oxygen atoms in total. The summed E-state index contributed by atoms with van der Waals surface area (Å²) in [6, 6.07) is 9.46. The fourth-order valence-electron chi connectivity index (χ4n) is 2.25. The standard InChI is InChI=1S/C16H13N3O3S/c1-9-3-5-11(6-4-9)23(21,22)16-14(19)12(7-17)10(2)13(8-18)15(16)20/h3-6,20H,19H2,1-2H3. The molecule has 116 valence electrons. The van der Waals surface area contributed by atoms with Gasteiger partial charge in [0.1, 0.15) is 17.0 Å². The Hall–Kier alpha value is -3.03. The van der Waals surface area contributed by atoms with E-state index >= 15 is 0 Å². The van der Waals surface area contributed by atoms with Gasteiger partial charge in [-0.05, 0) is 31.5 Å². The van der Waals surface area contributed by atoms with Crippen molar-refractivity contribution in [1.29, 1.82) is 10.5 Å². The second-order valence-corrected chi connectivity index (χ2v) is 6.89. The Bertz CT molecular complexity index is 938. The molecule has 0 bridgehead atoms. The Labute approximate surface area is 133 Å². The molecule has 0 spiro atoms. The number of sulfone groups is 1. The summed E-state index contributed by atoms with van der Waals surface area (Å²) in [4.78, 5) is -0.693. The number of nitrogens with zero attached hydrogens (tertiary/aromatic N) is 2. The third-order valence-corrected chi connectivity index (χ3v) is 5.38. The Morgan fingerprint density at radius 3 is 2.04 bits per heavy atom. The van der Waals surface area contributed by atoms with Crippen molar-refractivity contribution in [3.63, 3.8) is 0 Å². The van der Waals surface area contributed by atoms with Gasteiger partial charge in [-0.1, -0.05) is 17.7 Å². The van der Waals surface area contributed by atoms with Gasteiger partial charge in [0.25, 0.3) is 0 Å². The minimum Gasteiger partial charge on any atom is -0.505 e. The lowest BCUT2D eigenvalue weighted by molar-refractivity contribution is 0.457. The summed E-state index contributed by atoms with van der Waals surface area (Å²) in [5.74, 6) is -0.734. The molecule has 0 aliphatic rings. The van der Waals surface area contributed by atoms with Crippen molar-refractivity contribution in [2.24, 2.45) is 0 Å². The van der Waals surface area contributed by atoms with Crippen molar-refractivity contribution >= 4 is 15.5 Å². The molecule has 3 N–H and O–H groups in total. The quantitative estimate of drug-likeness (QED) is 0.813. The van der Waals surface area contributed by atoms with E-state index in [4.69, 9.17) is 11.0 Å². The second-order valence-electron chi connectivity index (χ2n) is 5.01. The van der Waals surface area contributed by atoms with Crippen LogP contribution in [0.15, 0.2) is 34.1 Å². The molecule has 7 heteroatoms. The van der Waals surface area contributed by atoms with E-state index in [1.807, 2.05) is 0 Å². The summed E-state index contributed by atoms with van der Waals surface area (Å²) in [5.41, 5.74) is 6.04. The molecule has 0 radical (unpaired) electrons. The minimum absolute atomic E-state index is 0.0817. The number of rotatable bonds is 2. The first-order chi connectivity index (χ1) is 10.8. The molecule has 0 amide bonds. The summed E-state index contributed by atoms with van der Waals surface area (Å²) in [5, 5.41) is 28.6. The van der Waals surface area contributed by atoms with Gasteiger partial charge in [-0.3, -0.25) is 0 Å². The zero-order valence-corrected chi connectivity index (χ0v) is 13.3. The van der Waals surface area contributed by atoms with Gasteiger partial charge in [0.2, 0.25) is 9.84 Å². The molecule has 0 atom stereocenters. The Morgan fingerprint density at radius 1 is 1.04 bits per heavy atom. The van der Waals surface area contributed by atoms with E-state index in [1.54, 1.807) is 31.2 Å². The van der Waals surface area contributed by atoms with Crippen LogP contribution < -0.4 is 5.73 Å². The highest BCUT2D eigenvalue weighted by Crippen LogP contribution is 2.40. The minimum atomic E-state index is -4.18. The monoisotopic (exact) mass is 327 g/mol. The number of hydrogen-bond acceptors (Lipinski definition) is 6. The van der Waals surface area contributed by atoms with Crippen LogP contribution in [0.3, 0.4) is 0 Å². The lowest BCUT2D eigenvalue weighted by Gasteiger charge is -2.14. The van der Waals surface area contributed by atoms with Crippen molar-refractivity contribution in [1.82, 2.24) is 0 Å². The SMILES string of the molecule is Cc1ccc(S(=O)(=O)c2c(N)c(C#N)c(C)c(C#N)c2O)cc1. The zero-order chi connectivity index (χ0) is 17.4. The van der Waals surface area contributed by atoms with Crippen LogP contribution in [0.25, 0.3) is 0 Å². The highest BCUT2D eigenvalue weighted by atomic mass is 32.2. The molecule has 23 heavy (non-hydrogen) atoms. The van der Waals surface area contributed by atoms with Gasteiger partial charge in [0, 0.05) is 0 Å². The smallest absolute Gasteiger partial charge is 0.212 e. The van der Waals surface area contributed by atoms with Gasteiger partial charge in [-0.25, -0.2) is 8.42 Å². The number of nitrogens with two attached hydrogens (primary N) is 1. The van der Waals surface area contributed by atoms with Crippen LogP contribution in [-0.2, 0) is 9.84 Å². The van der Waals surface area contributed by atoms with Gasteiger partial charge >= 0.3 is 0 Å². The highest BCUT2D eigenvalue weighted by molar-refractivity contribution is 7.91. The maximum atomic E-state index is 12.8. The number of aromatic hydroxyl groups is 1. The molecule has 2 aromatic rings. The lowest BCUT2D eigenvalue weighted by Crippen LogP contribution is -2.10. The van der Waals surface area contributed by atoms with Gasteiger partial charge in [-0.2, -0.15) is 10.5 Å². The Balaban J connectivity index is 2.91. The van der Waals surface area contributed by atoms with E-state index in [0.717, 1.165) is 5.56 Å². The predicted molar refractivity (Wildman–Crippen MR) is 83.3 cm³/mol. The van der Waals surface area contributed by atoms with E-state index in [9.17, 15) is 18.8 Å². The molecule has 0 fully saturated rings. The third kappa shape index (κ3) is 2.48. The number of benzene rings is 2. The fraction of sp³-hybridized carbons (Fsp3) is 0.125. The fourth-order valence-corrected chi connectivity index (χ4v) is 3.73. The summed E-state index contributed by atoms with van der Waals surface area (Å²) >= 11 is 0. The van der Waals surface area contributed by atoms with E-state index in [1.165, 1.54) is 19.1 Å². The number of nitriles is 2. The molecule has 0 aromatic heterocycles. The van der Waals surface area contributed by atoms with Crippen LogP contribution in [0.5, 0.6) is 5.75 Å². The largest absolute Gasteiger partial charge is 0.505 e. The van der Waals surface area contributed by atoms with Crippen molar-refractivity contribution in [2.75, 3.05) is 5.73 Å². The number of aryl methyl sites for hydroxylation is 1. The normalized spacial score (nSPS) is 10.8. The topological polar surface area (TPSA) is 128 Å². The maximum absolute atomic E-state index is 12.8. The first-order valence-electron chi connectivity index (χ1n) is 6.52. The van der Waals surface area contributed by atoms with Crippen molar-refractivity contribution in [2.45, 2.75) is 23.6 Å². The van der Waals surface area contributed by atoms with Crippen LogP contribution in [-0.4, -0.2) is 13.5 Å². The second kappa shape index (κ2) is 5.64. The average molecular weight is 327 g/mol. The van der Waals surface area contributed by atoms with Crippen LogP contribution in [0.4, 0.5) is 5.69 Å². The zero-order valence-electron chi connectivity index (χ0n) is 12.5. The van der Waals surface area contributed by atoms with Crippen LogP contribution in [0.2, 0.25) is 0 Å². The molecule has 0 aliphatic carbocycles. The van der Waals surface area contributed by atoms with Crippen LogP contribution >= 0.6 is 0 Å². The number of anilines is 1. The lowest BCUT2D eigenvalue weighted by atomic mass is 10.0. The van der Waals surface area contributed by atoms with E-state index in [-0.39, 0.29) is 27.3 Å². The van der Waals surface area contributed by atoms with Crippen molar-refractivity contribution < 1.29 is 13.5 Å². The number of nitrogen functional groups attached to an aromatic ring is 1. The number of phenolic OH excluding ortho intramolecular Hbond substituents is 1. The third-order valence-electron chi connectivity index (χ3n) is 3.54. The molecule has 0 heterocycles. The van der Waals surface area contributed by atoms with Gasteiger partial charge < -0.3 is 10.8 Å². The molecule has 0 saturated carbocycles. The van der Waals surface area contributed by atoms with Gasteiger partial charge in [0.15, 0.2) is 5.75 Å². The van der Waals surface area contributed by atoms with Gasteiger partial charge in [0.05, 0.1) is 21.7 Å². The Kier molecular flexibility index (Phi) is 4.00. The number of hydrogen-bond donors (Lipinski definition) is 2. The first kappa shape index (κ1) is 16.3. The summed E-state index contributed by atoms with van der Waals surface area (Å²) < 4.78 is 25.6. The average Bonchev–Trinajstić information content (AvgIpc) is 2.48. The van der Waals surface area contributed by atoms with E-state index in [0.29, 0.717) is 0 Å². The van der Waals surface area contributed by atoms with E-state index in [2.05, 4.69) is 0 Å². The summed E-state index contributed by atoms with van der Waals surface area (Å²) in [7, 11) is -4.18. The molecule has 2 aromatic carbocycles. The summed E-state index contributed by atoms with van der Waals surface area (Å²) in [6.45, 7) is 3.23. The molecule has 0 saturated heterocycles. The van der Waals surface area contributed by atoms with E-state index < -0.39 is 20.5 Å². The molecule has 0 aliphatic heterocycles. The molecule has 2 rings (SSSR count). The van der Waals surface area contributed by atoms with Gasteiger partial charge in [-0.15, -0.1) is 0 Å². The summed E-state index contributed by atoms with van der Waals surface area (Å²) in [6.07, 6.45) is 0. The predicted octanol–water partition coefficient (Wildman–Crippen LogP) is 2.17. The molecule has 0 unspecified atom stereocenters. The molecular weight excluding hydrogens is 314 g/mol. The first-order valence-corrected chi connectivity index (χ1v) is 8.01. The number of phenols is 1. The van der Waals surface area contributed by atoms with Crippen LogP contribution in [0, 0.1) is 36.5 Å². The highest BCUT2D eigenvalue weighted by Gasteiger charge is 2.30. The van der Waals surface area contributed by atoms with Crippen LogP contribution in [0.1, 0.15) is 22.3 Å². The maximum Gasteiger partial charge on any atom is 0.212 e.